The number of rotatable bonds is 5. The minimum atomic E-state index is -2.92. The van der Waals surface area contributed by atoms with Crippen molar-refractivity contribution in [3.05, 3.63) is 79.2 Å². The van der Waals surface area contributed by atoms with Crippen LogP contribution < -0.4 is 19.5 Å². The molecule has 30 heavy (non-hydrogen) atoms. The average Bonchev–Trinajstić information content (AvgIpc) is 3.05. The van der Waals surface area contributed by atoms with Crippen LogP contribution in [-0.4, -0.2) is 11.2 Å². The fourth-order valence-electron chi connectivity index (χ4n) is 2.91. The molecule has 0 radical (unpaired) electrons. The third-order valence-electron chi connectivity index (χ3n) is 4.28. The third kappa shape index (κ3) is 4.29. The molecule has 0 atom stereocenters. The number of ether oxygens (including phenoxy) is 1. The molecule has 0 N–H and O–H groups in total. The highest BCUT2D eigenvalue weighted by Gasteiger charge is 2.13. The van der Waals surface area contributed by atoms with Crippen molar-refractivity contribution in [1.82, 2.24) is 4.57 Å². The van der Waals surface area contributed by atoms with E-state index < -0.39 is 6.61 Å². The van der Waals surface area contributed by atoms with E-state index in [1.807, 2.05) is 31.2 Å². The van der Waals surface area contributed by atoms with Gasteiger partial charge in [-0.25, -0.2) is 0 Å². The zero-order valence-electron chi connectivity index (χ0n) is 15.8. The number of para-hydroxylation sites is 1. The summed E-state index contributed by atoms with van der Waals surface area (Å²) >= 11 is 1.03. The molecule has 0 spiro atoms. The molecule has 5 nitrogen and oxygen atoms in total. The lowest BCUT2D eigenvalue weighted by Crippen LogP contribution is -2.31. The minimum Gasteiger partial charge on any atom is -0.435 e. The molecule has 1 heterocycles. The van der Waals surface area contributed by atoms with Crippen molar-refractivity contribution >= 4 is 23.0 Å². The van der Waals surface area contributed by atoms with Crippen LogP contribution in [0, 0.1) is 22.7 Å². The van der Waals surface area contributed by atoms with Gasteiger partial charge in [-0.3, -0.25) is 9.36 Å². The van der Waals surface area contributed by atoms with E-state index in [1.165, 1.54) is 16.7 Å². The SMILES string of the molecule is CCc1ccccc1-n1c(=C(C#N)C#N)s/c(=C/c2ccc(OC(F)F)cc2)c1=O. The van der Waals surface area contributed by atoms with E-state index in [0.717, 1.165) is 16.9 Å². The molecule has 0 amide bonds. The summed E-state index contributed by atoms with van der Waals surface area (Å²) in [6, 6.07) is 16.8. The molecule has 1 aromatic heterocycles. The first-order valence-corrected chi connectivity index (χ1v) is 9.71. The molecule has 0 saturated heterocycles. The molecule has 0 aliphatic carbocycles. The molecule has 3 rings (SSSR count). The van der Waals surface area contributed by atoms with Crippen LogP contribution >= 0.6 is 11.3 Å². The van der Waals surface area contributed by atoms with Gasteiger partial charge in [0.05, 0.1) is 10.2 Å². The lowest BCUT2D eigenvalue weighted by molar-refractivity contribution is -0.0498. The maximum atomic E-state index is 13.2. The highest BCUT2D eigenvalue weighted by Crippen LogP contribution is 2.15. The van der Waals surface area contributed by atoms with E-state index in [1.54, 1.807) is 30.3 Å². The lowest BCUT2D eigenvalue weighted by Gasteiger charge is -2.08. The Morgan fingerprint density at radius 3 is 2.43 bits per heavy atom. The monoisotopic (exact) mass is 423 g/mol. The fourth-order valence-corrected chi connectivity index (χ4v) is 3.96. The Morgan fingerprint density at radius 2 is 1.83 bits per heavy atom. The van der Waals surface area contributed by atoms with Crippen molar-refractivity contribution in [3.8, 4) is 23.6 Å². The quantitative estimate of drug-likeness (QED) is 0.632. The summed E-state index contributed by atoms with van der Waals surface area (Å²) < 4.78 is 30.9. The largest absolute Gasteiger partial charge is 0.435 e. The van der Waals surface area contributed by atoms with E-state index in [2.05, 4.69) is 4.74 Å². The van der Waals surface area contributed by atoms with Crippen LogP contribution in [0.25, 0.3) is 17.3 Å². The summed E-state index contributed by atoms with van der Waals surface area (Å²) in [6.07, 6.45) is 2.25. The number of thiazole rings is 1. The average molecular weight is 423 g/mol. The lowest BCUT2D eigenvalue weighted by atomic mass is 10.1. The number of hydrogen-bond acceptors (Lipinski definition) is 5. The zero-order valence-corrected chi connectivity index (χ0v) is 16.6. The van der Waals surface area contributed by atoms with Crippen LogP contribution in [0.2, 0.25) is 0 Å². The summed E-state index contributed by atoms with van der Waals surface area (Å²) in [6.45, 7) is -0.970. The van der Waals surface area contributed by atoms with E-state index in [-0.39, 0.29) is 21.5 Å². The van der Waals surface area contributed by atoms with Crippen molar-refractivity contribution in [2.24, 2.45) is 0 Å². The first kappa shape index (κ1) is 21.0. The maximum absolute atomic E-state index is 13.2. The summed E-state index contributed by atoms with van der Waals surface area (Å²) in [5.41, 5.74) is 1.57. The predicted octanol–water partition coefficient (Wildman–Crippen LogP) is 3.09. The number of halogens is 2. The van der Waals surface area contributed by atoms with Gasteiger partial charge < -0.3 is 4.74 Å². The Morgan fingerprint density at radius 1 is 1.17 bits per heavy atom. The molecule has 3 aromatic rings. The molecular weight excluding hydrogens is 408 g/mol. The Balaban J connectivity index is 2.26. The standard InChI is InChI=1S/C22H15F2N3O2S/c1-2-15-5-3-4-6-18(15)27-20(28)19(30-21(27)16(12-25)13-26)11-14-7-9-17(10-8-14)29-22(23)24/h3-11,22H,2H2,1H3/b19-11+. The Hall–Kier alpha value is -3.75. The Kier molecular flexibility index (Phi) is 6.41. The molecule has 0 aliphatic heterocycles. The van der Waals surface area contributed by atoms with Crippen molar-refractivity contribution in [3.63, 3.8) is 0 Å². The Labute approximate surface area is 174 Å². The molecule has 0 aliphatic rings. The minimum absolute atomic E-state index is 0.00730. The second kappa shape index (κ2) is 9.17. The third-order valence-corrected chi connectivity index (χ3v) is 5.37. The zero-order chi connectivity index (χ0) is 21.7. The van der Waals surface area contributed by atoms with Gasteiger partial charge in [0.15, 0.2) is 5.57 Å². The van der Waals surface area contributed by atoms with Gasteiger partial charge in [0.2, 0.25) is 0 Å². The predicted molar refractivity (Wildman–Crippen MR) is 110 cm³/mol. The van der Waals surface area contributed by atoms with Crippen LogP contribution in [0.4, 0.5) is 8.78 Å². The van der Waals surface area contributed by atoms with Gasteiger partial charge in [-0.15, -0.1) is 11.3 Å². The van der Waals surface area contributed by atoms with Crippen molar-refractivity contribution < 1.29 is 13.5 Å². The fraction of sp³-hybridized carbons (Fsp3) is 0.136. The van der Waals surface area contributed by atoms with Crippen LogP contribution in [0.15, 0.2) is 53.3 Å². The first-order valence-electron chi connectivity index (χ1n) is 8.89. The van der Waals surface area contributed by atoms with Gasteiger partial charge in [0.1, 0.15) is 22.6 Å². The van der Waals surface area contributed by atoms with Crippen molar-refractivity contribution in [2.45, 2.75) is 20.0 Å². The summed E-state index contributed by atoms with van der Waals surface area (Å²) in [7, 11) is 0. The van der Waals surface area contributed by atoms with E-state index >= 15 is 0 Å². The molecule has 2 aromatic carbocycles. The van der Waals surface area contributed by atoms with E-state index in [0.29, 0.717) is 22.2 Å². The molecular formula is C22H15F2N3O2S. The molecule has 0 fully saturated rings. The van der Waals surface area contributed by atoms with Gasteiger partial charge in [-0.2, -0.15) is 19.3 Å². The number of aryl methyl sites for hydroxylation is 1. The summed E-state index contributed by atoms with van der Waals surface area (Å²) in [5.74, 6) is 0.00730. The van der Waals surface area contributed by atoms with Gasteiger partial charge in [-0.1, -0.05) is 37.3 Å². The second-order valence-corrected chi connectivity index (χ2v) is 7.12. The number of aromatic nitrogens is 1. The topological polar surface area (TPSA) is 78.8 Å². The highest BCUT2D eigenvalue weighted by molar-refractivity contribution is 7.07. The van der Waals surface area contributed by atoms with Crippen LogP contribution in [-0.2, 0) is 6.42 Å². The van der Waals surface area contributed by atoms with Crippen LogP contribution in [0.1, 0.15) is 18.1 Å². The smallest absolute Gasteiger partial charge is 0.387 e. The molecule has 0 unspecified atom stereocenters. The molecule has 8 heteroatoms. The number of hydrogen-bond donors (Lipinski definition) is 0. The van der Waals surface area contributed by atoms with E-state index in [9.17, 15) is 24.1 Å². The van der Waals surface area contributed by atoms with Crippen molar-refractivity contribution in [2.75, 3.05) is 0 Å². The first-order chi connectivity index (χ1) is 14.5. The van der Waals surface area contributed by atoms with Gasteiger partial charge >= 0.3 is 6.61 Å². The van der Waals surface area contributed by atoms with Gasteiger partial charge in [0, 0.05) is 0 Å². The van der Waals surface area contributed by atoms with Crippen molar-refractivity contribution in [1.29, 1.82) is 10.5 Å². The summed E-state index contributed by atoms with van der Waals surface area (Å²) in [5, 5.41) is 18.7. The summed E-state index contributed by atoms with van der Waals surface area (Å²) in [4.78, 5) is 13.2. The van der Waals surface area contributed by atoms with Gasteiger partial charge in [0.25, 0.3) is 5.56 Å². The molecule has 0 saturated carbocycles. The van der Waals surface area contributed by atoms with Crippen LogP contribution in [0.5, 0.6) is 5.75 Å². The molecule has 0 bridgehead atoms. The molecule has 150 valence electrons. The normalized spacial score (nSPS) is 11.2. The number of nitrogens with zero attached hydrogens (tertiary/aromatic N) is 3. The number of alkyl halides is 2. The van der Waals surface area contributed by atoms with Gasteiger partial charge in [-0.05, 0) is 41.8 Å². The highest BCUT2D eigenvalue weighted by atomic mass is 32.1. The Bertz CT molecular complexity index is 1310. The second-order valence-electron chi connectivity index (χ2n) is 6.08. The maximum Gasteiger partial charge on any atom is 0.387 e. The van der Waals surface area contributed by atoms with E-state index in [4.69, 9.17) is 0 Å². The number of benzene rings is 2. The number of nitriles is 2. The van der Waals surface area contributed by atoms with Crippen LogP contribution in [0.3, 0.4) is 0 Å².